The Bertz CT molecular complexity index is 66.8. The van der Waals surface area contributed by atoms with Crippen LogP contribution in [0.5, 0.6) is 0 Å². The Labute approximate surface area is 48.6 Å². The standard InChI is InChI=1S/C5H11FN2/c1-5-4-7-2-3-8(5)6/h5,7H,2-4H2,1H3. The Morgan fingerprint density at radius 3 is 2.88 bits per heavy atom. The zero-order valence-electron chi connectivity index (χ0n) is 5.02. The van der Waals surface area contributed by atoms with Gasteiger partial charge in [0.25, 0.3) is 0 Å². The number of piperazine rings is 1. The number of hydrogen-bond acceptors (Lipinski definition) is 2. The smallest absolute Gasteiger partial charge is 0.0499 e. The van der Waals surface area contributed by atoms with E-state index in [-0.39, 0.29) is 6.04 Å². The lowest BCUT2D eigenvalue weighted by atomic mass is 10.3. The molecule has 0 spiro atoms. The third-order valence-electron chi connectivity index (χ3n) is 1.42. The molecule has 0 aromatic heterocycles. The third kappa shape index (κ3) is 1.17. The second kappa shape index (κ2) is 2.42. The molecule has 1 aliphatic rings. The van der Waals surface area contributed by atoms with Gasteiger partial charge < -0.3 is 5.32 Å². The van der Waals surface area contributed by atoms with E-state index in [0.29, 0.717) is 6.54 Å². The lowest BCUT2D eigenvalue weighted by Gasteiger charge is -2.25. The molecule has 0 aromatic carbocycles. The molecule has 0 saturated carbocycles. The Morgan fingerprint density at radius 1 is 1.75 bits per heavy atom. The molecule has 1 saturated heterocycles. The van der Waals surface area contributed by atoms with Gasteiger partial charge in [-0.15, -0.1) is 9.60 Å². The molecule has 1 heterocycles. The van der Waals surface area contributed by atoms with Crippen LogP contribution in [0.25, 0.3) is 0 Å². The number of nitrogens with one attached hydrogen (secondary N) is 1. The lowest BCUT2D eigenvalue weighted by molar-refractivity contribution is -0.0287. The Balaban J connectivity index is 2.28. The minimum atomic E-state index is 0.0590. The summed E-state index contributed by atoms with van der Waals surface area (Å²) in [5.41, 5.74) is 0. The average molecular weight is 118 g/mol. The summed E-state index contributed by atoms with van der Waals surface area (Å²) in [6.45, 7) is 3.95. The molecule has 1 aliphatic heterocycles. The maximum Gasteiger partial charge on any atom is 0.0499 e. The van der Waals surface area contributed by atoms with Crippen LogP contribution in [-0.2, 0) is 0 Å². The van der Waals surface area contributed by atoms with Crippen LogP contribution < -0.4 is 5.32 Å². The Hall–Kier alpha value is -0.150. The van der Waals surface area contributed by atoms with Gasteiger partial charge >= 0.3 is 0 Å². The van der Waals surface area contributed by atoms with Crippen LogP contribution in [0.15, 0.2) is 0 Å². The topological polar surface area (TPSA) is 15.3 Å². The second-order valence-corrected chi connectivity index (χ2v) is 2.18. The van der Waals surface area contributed by atoms with E-state index in [0.717, 1.165) is 18.2 Å². The van der Waals surface area contributed by atoms with Gasteiger partial charge in [0.1, 0.15) is 0 Å². The first-order chi connectivity index (χ1) is 3.80. The molecule has 0 amide bonds. The summed E-state index contributed by atoms with van der Waals surface area (Å²) < 4.78 is 12.4. The van der Waals surface area contributed by atoms with Gasteiger partial charge in [-0.1, -0.05) is 0 Å². The van der Waals surface area contributed by atoms with Gasteiger partial charge in [-0.25, -0.2) is 0 Å². The molecule has 1 rings (SSSR count). The molecule has 1 atom stereocenters. The molecule has 48 valence electrons. The summed E-state index contributed by atoms with van der Waals surface area (Å²) in [4.78, 5) is 0. The number of rotatable bonds is 0. The third-order valence-corrected chi connectivity index (χ3v) is 1.42. The molecular formula is C5H11FN2. The van der Waals surface area contributed by atoms with E-state index in [9.17, 15) is 4.48 Å². The first-order valence-electron chi connectivity index (χ1n) is 2.94. The van der Waals surface area contributed by atoms with Gasteiger partial charge in [-0.2, -0.15) is 0 Å². The fourth-order valence-corrected chi connectivity index (χ4v) is 0.816. The molecule has 0 radical (unpaired) electrons. The van der Waals surface area contributed by atoms with Gasteiger partial charge in [0.2, 0.25) is 0 Å². The van der Waals surface area contributed by atoms with Gasteiger partial charge in [0.05, 0.1) is 0 Å². The van der Waals surface area contributed by atoms with E-state index in [2.05, 4.69) is 5.32 Å². The fraction of sp³-hybridized carbons (Fsp3) is 1.00. The van der Waals surface area contributed by atoms with Crippen molar-refractivity contribution in [1.82, 2.24) is 10.4 Å². The van der Waals surface area contributed by atoms with E-state index in [1.807, 2.05) is 6.92 Å². The summed E-state index contributed by atoms with van der Waals surface area (Å²) in [6.07, 6.45) is 0. The lowest BCUT2D eigenvalue weighted by Crippen LogP contribution is -2.45. The van der Waals surface area contributed by atoms with E-state index in [1.165, 1.54) is 0 Å². The van der Waals surface area contributed by atoms with Gasteiger partial charge in [-0.05, 0) is 6.92 Å². The van der Waals surface area contributed by atoms with Crippen LogP contribution in [0, 0.1) is 0 Å². The van der Waals surface area contributed by atoms with Gasteiger partial charge in [-0.3, -0.25) is 0 Å². The molecule has 1 fully saturated rings. The summed E-state index contributed by atoms with van der Waals surface area (Å²) >= 11 is 0. The number of halogens is 1. The Morgan fingerprint density at radius 2 is 2.50 bits per heavy atom. The predicted molar refractivity (Wildman–Crippen MR) is 30.1 cm³/mol. The van der Waals surface area contributed by atoms with Crippen molar-refractivity contribution in [1.29, 1.82) is 0 Å². The summed E-state index contributed by atoms with van der Waals surface area (Å²) in [6, 6.07) is 0.0590. The first kappa shape index (κ1) is 5.98. The van der Waals surface area contributed by atoms with E-state index in [4.69, 9.17) is 0 Å². The van der Waals surface area contributed by atoms with Crippen molar-refractivity contribution in [3.8, 4) is 0 Å². The van der Waals surface area contributed by atoms with Crippen molar-refractivity contribution < 1.29 is 4.48 Å². The molecular weight excluding hydrogens is 107 g/mol. The van der Waals surface area contributed by atoms with Crippen molar-refractivity contribution in [2.75, 3.05) is 19.6 Å². The molecule has 1 unspecified atom stereocenters. The molecule has 0 aliphatic carbocycles. The van der Waals surface area contributed by atoms with E-state index in [1.54, 1.807) is 0 Å². The highest BCUT2D eigenvalue weighted by atomic mass is 19.2. The molecule has 0 bridgehead atoms. The molecule has 0 aromatic rings. The summed E-state index contributed by atoms with van der Waals surface area (Å²) in [5.74, 6) is 0. The zero-order valence-corrected chi connectivity index (χ0v) is 5.02. The maximum absolute atomic E-state index is 12.4. The van der Waals surface area contributed by atoms with Crippen molar-refractivity contribution >= 4 is 0 Å². The van der Waals surface area contributed by atoms with Crippen LogP contribution in [0.1, 0.15) is 6.92 Å². The van der Waals surface area contributed by atoms with E-state index >= 15 is 0 Å². The largest absolute Gasteiger partial charge is 0.314 e. The zero-order chi connectivity index (χ0) is 5.98. The molecule has 1 N–H and O–H groups in total. The molecule has 8 heavy (non-hydrogen) atoms. The summed E-state index contributed by atoms with van der Waals surface area (Å²) in [5, 5.41) is 3.95. The number of nitrogens with zero attached hydrogens (tertiary/aromatic N) is 1. The van der Waals surface area contributed by atoms with E-state index < -0.39 is 0 Å². The molecule has 2 nitrogen and oxygen atoms in total. The minimum Gasteiger partial charge on any atom is -0.314 e. The minimum absolute atomic E-state index is 0.0590. The second-order valence-electron chi connectivity index (χ2n) is 2.18. The normalized spacial score (nSPS) is 33.0. The van der Waals surface area contributed by atoms with Crippen molar-refractivity contribution in [2.45, 2.75) is 13.0 Å². The van der Waals surface area contributed by atoms with Gasteiger partial charge in [0, 0.05) is 25.7 Å². The monoisotopic (exact) mass is 118 g/mol. The maximum atomic E-state index is 12.4. The van der Waals surface area contributed by atoms with Crippen molar-refractivity contribution in [3.63, 3.8) is 0 Å². The van der Waals surface area contributed by atoms with Crippen LogP contribution in [0.4, 0.5) is 4.48 Å². The van der Waals surface area contributed by atoms with Crippen LogP contribution in [0.3, 0.4) is 0 Å². The van der Waals surface area contributed by atoms with Crippen molar-refractivity contribution in [3.05, 3.63) is 0 Å². The summed E-state index contributed by atoms with van der Waals surface area (Å²) in [7, 11) is 0. The first-order valence-corrected chi connectivity index (χ1v) is 2.94. The predicted octanol–water partition coefficient (Wildman–Crippen LogP) is 0.165. The van der Waals surface area contributed by atoms with Crippen LogP contribution in [0.2, 0.25) is 0 Å². The van der Waals surface area contributed by atoms with Crippen LogP contribution in [-0.4, -0.2) is 30.8 Å². The average Bonchev–Trinajstić information content (AvgIpc) is 1.77. The fourth-order valence-electron chi connectivity index (χ4n) is 0.816. The quantitative estimate of drug-likeness (QED) is 0.456. The highest BCUT2D eigenvalue weighted by Gasteiger charge is 2.15. The highest BCUT2D eigenvalue weighted by molar-refractivity contribution is 4.68. The number of hydrogen-bond donors (Lipinski definition) is 1. The van der Waals surface area contributed by atoms with Crippen molar-refractivity contribution in [2.24, 2.45) is 0 Å². The SMILES string of the molecule is CC1CNCCN1F. The molecule has 3 heteroatoms. The van der Waals surface area contributed by atoms with Gasteiger partial charge in [0.15, 0.2) is 0 Å². The Kier molecular flexibility index (Phi) is 1.81. The van der Waals surface area contributed by atoms with Crippen LogP contribution >= 0.6 is 0 Å². The highest BCUT2D eigenvalue weighted by Crippen LogP contribution is 2.00.